The van der Waals surface area contributed by atoms with E-state index in [-0.39, 0.29) is 17.9 Å². The standard InChI is InChI=1S/C8H10BrNO3S2/c9-7-2-1-6(14-7)5-15(12,13)4-3-8(10)11/h1-2H,3-5H2,(H2,10,11). The van der Waals surface area contributed by atoms with Crippen molar-refractivity contribution in [3.05, 3.63) is 20.8 Å². The third-order valence-electron chi connectivity index (χ3n) is 1.65. The van der Waals surface area contributed by atoms with Gasteiger partial charge in [-0.05, 0) is 28.1 Å². The van der Waals surface area contributed by atoms with E-state index in [0.717, 1.165) is 8.66 Å². The van der Waals surface area contributed by atoms with Gasteiger partial charge in [-0.2, -0.15) is 0 Å². The van der Waals surface area contributed by atoms with Crippen molar-refractivity contribution in [3.63, 3.8) is 0 Å². The first-order valence-electron chi connectivity index (χ1n) is 4.12. The van der Waals surface area contributed by atoms with Crippen LogP contribution in [0.5, 0.6) is 0 Å². The Bertz CT molecular complexity index is 452. The number of carbonyl (C=O) groups excluding carboxylic acids is 1. The molecule has 1 amide bonds. The van der Waals surface area contributed by atoms with Gasteiger partial charge in [-0.15, -0.1) is 11.3 Å². The first kappa shape index (κ1) is 12.7. The summed E-state index contributed by atoms with van der Waals surface area (Å²) in [6.45, 7) is 0. The normalized spacial score (nSPS) is 11.5. The maximum atomic E-state index is 11.5. The molecule has 0 bridgehead atoms. The van der Waals surface area contributed by atoms with Crippen LogP contribution >= 0.6 is 27.3 Å². The molecule has 0 aliphatic heterocycles. The molecule has 1 aromatic rings. The highest BCUT2D eigenvalue weighted by molar-refractivity contribution is 9.11. The molecule has 0 unspecified atom stereocenters. The van der Waals surface area contributed by atoms with Crippen molar-refractivity contribution in [1.29, 1.82) is 0 Å². The van der Waals surface area contributed by atoms with Crippen LogP contribution in [0.4, 0.5) is 0 Å². The Hall–Kier alpha value is -0.400. The van der Waals surface area contributed by atoms with Gasteiger partial charge in [0.05, 0.1) is 15.3 Å². The second-order valence-electron chi connectivity index (χ2n) is 3.01. The maximum absolute atomic E-state index is 11.5. The van der Waals surface area contributed by atoms with Gasteiger partial charge in [0, 0.05) is 11.3 Å². The number of nitrogens with two attached hydrogens (primary N) is 1. The summed E-state index contributed by atoms with van der Waals surface area (Å²) < 4.78 is 23.9. The molecule has 1 heterocycles. The fraction of sp³-hybridized carbons (Fsp3) is 0.375. The molecule has 0 aliphatic rings. The van der Waals surface area contributed by atoms with Crippen LogP contribution in [0.25, 0.3) is 0 Å². The van der Waals surface area contributed by atoms with Gasteiger partial charge < -0.3 is 5.73 Å². The number of amides is 1. The number of carbonyl (C=O) groups is 1. The molecular formula is C8H10BrNO3S2. The van der Waals surface area contributed by atoms with E-state index >= 15 is 0 Å². The lowest BCUT2D eigenvalue weighted by atomic mass is 10.5. The molecule has 0 aromatic carbocycles. The van der Waals surface area contributed by atoms with Crippen LogP contribution in [0, 0.1) is 0 Å². The van der Waals surface area contributed by atoms with Gasteiger partial charge in [0.15, 0.2) is 9.84 Å². The van der Waals surface area contributed by atoms with Crippen LogP contribution in [-0.2, 0) is 20.4 Å². The van der Waals surface area contributed by atoms with Gasteiger partial charge in [-0.1, -0.05) is 0 Å². The van der Waals surface area contributed by atoms with Gasteiger partial charge in [0.1, 0.15) is 0 Å². The topological polar surface area (TPSA) is 77.2 Å². The Morgan fingerprint density at radius 2 is 2.13 bits per heavy atom. The smallest absolute Gasteiger partial charge is 0.218 e. The molecule has 7 heteroatoms. The largest absolute Gasteiger partial charge is 0.370 e. The summed E-state index contributed by atoms with van der Waals surface area (Å²) in [6.07, 6.45) is -0.116. The molecule has 0 saturated heterocycles. The van der Waals surface area contributed by atoms with Crippen LogP contribution in [0.15, 0.2) is 15.9 Å². The van der Waals surface area contributed by atoms with Crippen LogP contribution in [0.1, 0.15) is 11.3 Å². The van der Waals surface area contributed by atoms with E-state index in [4.69, 9.17) is 5.73 Å². The quantitative estimate of drug-likeness (QED) is 0.890. The van der Waals surface area contributed by atoms with Gasteiger partial charge in [0.25, 0.3) is 0 Å². The van der Waals surface area contributed by atoms with Crippen molar-refractivity contribution < 1.29 is 13.2 Å². The number of rotatable bonds is 5. The molecule has 0 saturated carbocycles. The number of halogens is 1. The lowest BCUT2D eigenvalue weighted by molar-refractivity contribution is -0.117. The fourth-order valence-corrected chi connectivity index (χ4v) is 4.21. The number of primary amides is 1. The molecule has 4 nitrogen and oxygen atoms in total. The summed E-state index contributed by atoms with van der Waals surface area (Å²) in [7, 11) is -3.23. The third-order valence-corrected chi connectivity index (χ3v) is 5.03. The molecule has 1 aromatic heterocycles. The van der Waals surface area contributed by atoms with E-state index < -0.39 is 15.7 Å². The molecule has 0 aliphatic carbocycles. The minimum atomic E-state index is -3.23. The monoisotopic (exact) mass is 311 g/mol. The highest BCUT2D eigenvalue weighted by Crippen LogP contribution is 2.23. The van der Waals surface area contributed by atoms with Crippen molar-refractivity contribution >= 4 is 43.0 Å². The molecule has 0 radical (unpaired) electrons. The second-order valence-corrected chi connectivity index (χ2v) is 7.75. The van der Waals surface area contributed by atoms with Crippen LogP contribution in [-0.4, -0.2) is 20.1 Å². The second kappa shape index (κ2) is 5.09. The number of thiophene rings is 1. The highest BCUT2D eigenvalue weighted by atomic mass is 79.9. The van der Waals surface area contributed by atoms with Crippen molar-refractivity contribution in [2.24, 2.45) is 5.73 Å². The first-order valence-corrected chi connectivity index (χ1v) is 7.55. The van der Waals surface area contributed by atoms with E-state index in [1.54, 1.807) is 12.1 Å². The minimum absolute atomic E-state index is 0.0312. The van der Waals surface area contributed by atoms with Crippen molar-refractivity contribution in [2.75, 3.05) is 5.75 Å². The van der Waals surface area contributed by atoms with Gasteiger partial charge >= 0.3 is 0 Å². The number of hydrogen-bond acceptors (Lipinski definition) is 4. The SMILES string of the molecule is NC(=O)CCS(=O)(=O)Cc1ccc(Br)s1. The summed E-state index contributed by atoms with van der Waals surface area (Å²) in [4.78, 5) is 11.2. The summed E-state index contributed by atoms with van der Waals surface area (Å²) in [5.41, 5.74) is 4.89. The molecule has 0 spiro atoms. The van der Waals surface area contributed by atoms with Crippen molar-refractivity contribution in [2.45, 2.75) is 12.2 Å². The minimum Gasteiger partial charge on any atom is -0.370 e. The first-order chi connectivity index (χ1) is 6.89. The highest BCUT2D eigenvalue weighted by Gasteiger charge is 2.14. The zero-order valence-electron chi connectivity index (χ0n) is 7.77. The molecule has 0 fully saturated rings. The van der Waals surface area contributed by atoms with E-state index in [1.807, 2.05) is 0 Å². The number of sulfone groups is 1. The molecular weight excluding hydrogens is 302 g/mol. The van der Waals surface area contributed by atoms with E-state index in [2.05, 4.69) is 15.9 Å². The summed E-state index contributed by atoms with van der Waals surface area (Å²) in [5.74, 6) is -0.806. The Morgan fingerprint density at radius 1 is 1.47 bits per heavy atom. The summed E-state index contributed by atoms with van der Waals surface area (Å²) in [5, 5.41) is 0. The Balaban J connectivity index is 2.60. The van der Waals surface area contributed by atoms with E-state index in [1.165, 1.54) is 11.3 Å². The van der Waals surface area contributed by atoms with Crippen LogP contribution in [0.3, 0.4) is 0 Å². The van der Waals surface area contributed by atoms with Crippen molar-refractivity contribution in [3.8, 4) is 0 Å². The van der Waals surface area contributed by atoms with Gasteiger partial charge in [-0.25, -0.2) is 8.42 Å². The van der Waals surface area contributed by atoms with E-state index in [0.29, 0.717) is 0 Å². The Morgan fingerprint density at radius 3 is 2.60 bits per heavy atom. The zero-order chi connectivity index (χ0) is 11.5. The lowest BCUT2D eigenvalue weighted by Crippen LogP contribution is -2.17. The van der Waals surface area contributed by atoms with Gasteiger partial charge in [-0.3, -0.25) is 4.79 Å². The average molecular weight is 312 g/mol. The fourth-order valence-electron chi connectivity index (χ4n) is 0.974. The molecule has 2 N–H and O–H groups in total. The molecule has 1 rings (SSSR count). The Kier molecular flexibility index (Phi) is 4.30. The molecule has 15 heavy (non-hydrogen) atoms. The predicted molar refractivity (Wildman–Crippen MR) is 63.3 cm³/mol. The van der Waals surface area contributed by atoms with Crippen LogP contribution in [0.2, 0.25) is 0 Å². The lowest BCUT2D eigenvalue weighted by Gasteiger charge is -2.00. The molecule has 0 atom stereocenters. The predicted octanol–water partition coefficient (Wildman–Crippen LogP) is 1.30. The number of hydrogen-bond donors (Lipinski definition) is 1. The average Bonchev–Trinajstić information content (AvgIpc) is 2.47. The van der Waals surface area contributed by atoms with E-state index in [9.17, 15) is 13.2 Å². The summed E-state index contributed by atoms with van der Waals surface area (Å²) in [6, 6.07) is 3.54. The third kappa shape index (κ3) is 4.76. The molecule has 84 valence electrons. The Labute approximate surface area is 101 Å². The zero-order valence-corrected chi connectivity index (χ0v) is 11.0. The summed E-state index contributed by atoms with van der Waals surface area (Å²) >= 11 is 4.62. The van der Waals surface area contributed by atoms with Crippen LogP contribution < -0.4 is 5.73 Å². The maximum Gasteiger partial charge on any atom is 0.218 e. The van der Waals surface area contributed by atoms with Crippen molar-refractivity contribution in [1.82, 2.24) is 0 Å². The van der Waals surface area contributed by atoms with Gasteiger partial charge in [0.2, 0.25) is 5.91 Å².